The number of nitrogens with one attached hydrogen (secondary N) is 2. The number of phenolic OH excluding ortho intramolecular Hbond substituents is 1. The number of para-hydroxylation sites is 1. The Hall–Kier alpha value is -5.73. The van der Waals surface area contributed by atoms with Gasteiger partial charge in [0.1, 0.15) is 29.5 Å². The van der Waals surface area contributed by atoms with Gasteiger partial charge in [0.15, 0.2) is 0 Å². The largest absolute Gasteiger partial charge is 0.507 e. The molecule has 0 radical (unpaired) electrons. The van der Waals surface area contributed by atoms with E-state index < -0.39 is 6.04 Å². The van der Waals surface area contributed by atoms with Crippen LogP contribution in [0.4, 0.5) is 5.69 Å². The minimum atomic E-state index is -0.393. The number of anilines is 1. The van der Waals surface area contributed by atoms with E-state index in [9.17, 15) is 19.5 Å². The fourth-order valence-electron chi connectivity index (χ4n) is 7.93. The van der Waals surface area contributed by atoms with E-state index in [0.717, 1.165) is 62.6 Å². The molecule has 14 nitrogen and oxygen atoms in total. The molecule has 0 spiro atoms. The van der Waals surface area contributed by atoms with Gasteiger partial charge in [0, 0.05) is 56.1 Å². The Morgan fingerprint density at radius 1 is 0.857 bits per heavy atom. The Morgan fingerprint density at radius 2 is 1.59 bits per heavy atom. The van der Waals surface area contributed by atoms with Crippen LogP contribution in [-0.4, -0.2) is 113 Å². The maximum absolute atomic E-state index is 13.3. The second-order valence-corrected chi connectivity index (χ2v) is 15.2. The van der Waals surface area contributed by atoms with Crippen molar-refractivity contribution in [2.45, 2.75) is 50.3 Å². The average molecular weight is 764 g/mol. The monoisotopic (exact) mass is 763 g/mol. The third-order valence-corrected chi connectivity index (χ3v) is 11.2. The van der Waals surface area contributed by atoms with Crippen LogP contribution in [0.5, 0.6) is 11.5 Å². The van der Waals surface area contributed by atoms with Crippen molar-refractivity contribution in [1.82, 2.24) is 24.9 Å². The number of rotatable bonds is 12. The zero-order valence-electron chi connectivity index (χ0n) is 31.7. The predicted octanol–water partition coefficient (Wildman–Crippen LogP) is 2.28. The van der Waals surface area contributed by atoms with Gasteiger partial charge in [0.25, 0.3) is 0 Å². The molecule has 1 atom stereocenters. The number of carbonyl (C=O) groups is 3. The minimum absolute atomic E-state index is 0.0395. The number of hydrogen-bond acceptors (Lipinski definition) is 12. The van der Waals surface area contributed by atoms with Gasteiger partial charge in [-0.15, -0.1) is 0 Å². The zero-order valence-corrected chi connectivity index (χ0v) is 31.7. The molecular weight excluding hydrogens is 711 g/mol. The number of aromatic hydroxyl groups is 1. The Bertz CT molecular complexity index is 1940. The van der Waals surface area contributed by atoms with Crippen molar-refractivity contribution >= 4 is 29.1 Å². The Balaban J connectivity index is 0.809. The lowest BCUT2D eigenvalue weighted by atomic mass is 9.89. The van der Waals surface area contributed by atoms with Crippen molar-refractivity contribution in [2.75, 3.05) is 64.2 Å². The topological polar surface area (TPSA) is 196 Å². The molecule has 9 N–H and O–H groups in total. The highest BCUT2D eigenvalue weighted by Gasteiger charge is 2.31. The number of piperidine rings is 2. The summed E-state index contributed by atoms with van der Waals surface area (Å²) in [4.78, 5) is 45.5. The number of nitrogens with two attached hydrogens (primary N) is 3. The fourth-order valence-corrected chi connectivity index (χ4v) is 7.93. The molecule has 4 saturated heterocycles. The molecule has 4 aliphatic rings. The second-order valence-electron chi connectivity index (χ2n) is 15.2. The van der Waals surface area contributed by atoms with Gasteiger partial charge in [-0.1, -0.05) is 36.4 Å². The fraction of sp³-hybridized carbons (Fsp3) is 0.405. The van der Waals surface area contributed by atoms with Crippen molar-refractivity contribution in [3.8, 4) is 11.5 Å². The summed E-state index contributed by atoms with van der Waals surface area (Å²) in [5.74, 6) is 1.19. The van der Waals surface area contributed by atoms with Crippen LogP contribution in [0.3, 0.4) is 0 Å². The van der Waals surface area contributed by atoms with Gasteiger partial charge in [0.05, 0.1) is 25.3 Å². The van der Waals surface area contributed by atoms with Crippen molar-refractivity contribution in [1.29, 1.82) is 0 Å². The smallest absolute Gasteiger partial charge is 0.249 e. The van der Waals surface area contributed by atoms with E-state index in [1.165, 1.54) is 5.56 Å². The first-order valence-corrected chi connectivity index (χ1v) is 19.5. The van der Waals surface area contributed by atoms with Gasteiger partial charge >= 0.3 is 0 Å². The lowest BCUT2D eigenvalue weighted by Gasteiger charge is -2.41. The third kappa shape index (κ3) is 9.55. The summed E-state index contributed by atoms with van der Waals surface area (Å²) in [5.41, 5.74) is 23.1. The number of piperazine rings is 1. The minimum Gasteiger partial charge on any atom is -0.507 e. The Kier molecular flexibility index (Phi) is 12.0. The van der Waals surface area contributed by atoms with E-state index >= 15 is 0 Å². The standard InChI is InChI=1S/C42H53N9O5/c43-35(34-6-1-2-7-38(34)52)23-37(41(44)45)51-25-33(26-51)56-32-5-3-4-28(22-32)24-49-18-20-50(21-19-49)40(54)27-48-16-14-30(15-17-48)29-8-10-31(11-9-29)46-36-12-13-39(53)47-42(36)55/h1-11,22-23,30,33,36,46,52H,12-21,24-27,43-45H2,(H,47,53,55)/b35-23-. The van der Waals surface area contributed by atoms with E-state index in [0.29, 0.717) is 68.4 Å². The van der Waals surface area contributed by atoms with Crippen LogP contribution >= 0.6 is 0 Å². The second kappa shape index (κ2) is 17.4. The molecule has 56 heavy (non-hydrogen) atoms. The number of imide groups is 1. The van der Waals surface area contributed by atoms with Crippen molar-refractivity contribution in [2.24, 2.45) is 17.2 Å². The first-order chi connectivity index (χ1) is 27.1. The number of amides is 3. The molecule has 4 aliphatic heterocycles. The van der Waals surface area contributed by atoms with Crippen LogP contribution in [0.1, 0.15) is 48.3 Å². The molecule has 1 unspecified atom stereocenters. The van der Waals surface area contributed by atoms with Crippen molar-refractivity contribution < 1.29 is 24.2 Å². The normalized spacial score (nSPS) is 20.3. The Labute approximate surface area is 327 Å². The first kappa shape index (κ1) is 38.5. The van der Waals surface area contributed by atoms with Crippen LogP contribution in [0, 0.1) is 0 Å². The summed E-state index contributed by atoms with van der Waals surface area (Å²) in [7, 11) is 0. The number of phenols is 1. The average Bonchev–Trinajstić information content (AvgIpc) is 3.17. The van der Waals surface area contributed by atoms with Gasteiger partial charge in [0.2, 0.25) is 17.7 Å². The third-order valence-electron chi connectivity index (χ3n) is 11.2. The molecule has 0 bridgehead atoms. The molecule has 14 heteroatoms. The predicted molar refractivity (Wildman–Crippen MR) is 215 cm³/mol. The molecule has 3 aromatic rings. The molecule has 3 aromatic carbocycles. The number of allylic oxidation sites excluding steroid dienone is 1. The molecule has 7 rings (SSSR count). The highest BCUT2D eigenvalue weighted by atomic mass is 16.5. The van der Waals surface area contributed by atoms with Crippen LogP contribution < -0.4 is 32.6 Å². The summed E-state index contributed by atoms with van der Waals surface area (Å²) in [6.07, 6.45) is 4.49. The van der Waals surface area contributed by atoms with E-state index in [4.69, 9.17) is 21.9 Å². The number of hydrogen-bond donors (Lipinski definition) is 6. The molecule has 0 saturated carbocycles. The zero-order chi connectivity index (χ0) is 39.2. The summed E-state index contributed by atoms with van der Waals surface area (Å²) in [6, 6.07) is 22.9. The first-order valence-electron chi connectivity index (χ1n) is 19.5. The highest BCUT2D eigenvalue weighted by Crippen LogP contribution is 2.30. The van der Waals surface area contributed by atoms with Gasteiger partial charge < -0.3 is 42.2 Å². The van der Waals surface area contributed by atoms with Gasteiger partial charge in [-0.3, -0.25) is 29.5 Å². The van der Waals surface area contributed by atoms with E-state index in [1.54, 1.807) is 30.3 Å². The molecule has 0 aliphatic carbocycles. The van der Waals surface area contributed by atoms with E-state index in [-0.39, 0.29) is 35.4 Å². The molecular formula is C42H53N9O5. The maximum atomic E-state index is 13.3. The van der Waals surface area contributed by atoms with E-state index in [1.807, 2.05) is 34.1 Å². The summed E-state index contributed by atoms with van der Waals surface area (Å²) < 4.78 is 6.30. The van der Waals surface area contributed by atoms with Gasteiger partial charge in [-0.25, -0.2) is 0 Å². The molecule has 4 fully saturated rings. The summed E-state index contributed by atoms with van der Waals surface area (Å²) in [5, 5.41) is 15.8. The number of ether oxygens (including phenoxy) is 1. The van der Waals surface area contributed by atoms with Crippen LogP contribution in [0.2, 0.25) is 0 Å². The van der Waals surface area contributed by atoms with E-state index in [2.05, 4.69) is 44.7 Å². The van der Waals surface area contributed by atoms with Gasteiger partial charge in [-0.05, 0) is 91.9 Å². The van der Waals surface area contributed by atoms with Crippen LogP contribution in [0.25, 0.3) is 5.70 Å². The SMILES string of the molecule is NC(N)=C(/C=C(\N)c1ccccc1O)N1CC(Oc2cccc(CN3CCN(C(=O)CN4CCC(c5ccc(NC6CCC(=O)NC6=O)cc5)CC4)CC3)c2)C1. The maximum Gasteiger partial charge on any atom is 0.249 e. The number of carbonyl (C=O) groups excluding carboxylic acids is 3. The molecule has 0 aromatic heterocycles. The summed E-state index contributed by atoms with van der Waals surface area (Å²) in [6.45, 7) is 7.25. The highest BCUT2D eigenvalue weighted by molar-refractivity contribution is 6.01. The number of nitrogens with zero attached hydrogens (tertiary/aromatic N) is 4. The van der Waals surface area contributed by atoms with Crippen molar-refractivity contribution in [3.05, 3.63) is 107 Å². The molecule has 4 heterocycles. The molecule has 296 valence electrons. The Morgan fingerprint density at radius 3 is 2.29 bits per heavy atom. The van der Waals surface area contributed by atoms with Crippen molar-refractivity contribution in [3.63, 3.8) is 0 Å². The van der Waals surface area contributed by atoms with Gasteiger partial charge in [-0.2, -0.15) is 0 Å². The molecule has 3 amide bonds. The van der Waals surface area contributed by atoms with Crippen LogP contribution in [-0.2, 0) is 20.9 Å². The number of likely N-dealkylation sites (tertiary alicyclic amines) is 2. The summed E-state index contributed by atoms with van der Waals surface area (Å²) >= 11 is 0. The number of benzene rings is 3. The lowest BCUT2D eigenvalue weighted by Crippen LogP contribution is -2.53. The quantitative estimate of drug-likeness (QED) is 0.117. The lowest BCUT2D eigenvalue weighted by molar-refractivity contribution is -0.135. The van der Waals surface area contributed by atoms with Crippen LogP contribution in [0.15, 0.2) is 90.4 Å².